The van der Waals surface area contributed by atoms with Gasteiger partial charge in [0.25, 0.3) is 0 Å². The lowest BCUT2D eigenvalue weighted by Gasteiger charge is -2.19. The second-order valence-corrected chi connectivity index (χ2v) is 5.99. The quantitative estimate of drug-likeness (QED) is 0.883. The Kier molecular flexibility index (Phi) is 5.17. The SMILES string of the molecule is CC(C)(C)CC(=O)NCC(O)c1ccccc1Cl. The Balaban J connectivity index is 2.49. The molecule has 1 aromatic carbocycles. The summed E-state index contributed by atoms with van der Waals surface area (Å²) in [5.74, 6) is -0.0615. The number of hydrogen-bond acceptors (Lipinski definition) is 2. The van der Waals surface area contributed by atoms with Crippen LogP contribution in [0.1, 0.15) is 38.9 Å². The van der Waals surface area contributed by atoms with Gasteiger partial charge in [-0.25, -0.2) is 0 Å². The number of rotatable bonds is 4. The van der Waals surface area contributed by atoms with Crippen molar-refractivity contribution in [1.29, 1.82) is 0 Å². The van der Waals surface area contributed by atoms with Gasteiger partial charge < -0.3 is 10.4 Å². The fraction of sp³-hybridized carbons (Fsp3) is 0.500. The second-order valence-electron chi connectivity index (χ2n) is 5.58. The van der Waals surface area contributed by atoms with Crippen molar-refractivity contribution in [2.24, 2.45) is 5.41 Å². The molecular weight excluding hydrogens is 250 g/mol. The van der Waals surface area contributed by atoms with Crippen LogP contribution in [0, 0.1) is 5.41 Å². The molecule has 0 bridgehead atoms. The van der Waals surface area contributed by atoms with E-state index >= 15 is 0 Å². The number of aliphatic hydroxyl groups is 1. The van der Waals surface area contributed by atoms with Gasteiger partial charge in [0.1, 0.15) is 0 Å². The van der Waals surface area contributed by atoms with Gasteiger partial charge in [0.2, 0.25) is 5.91 Å². The van der Waals surface area contributed by atoms with E-state index in [1.807, 2.05) is 20.8 Å². The van der Waals surface area contributed by atoms with E-state index in [4.69, 9.17) is 11.6 Å². The molecule has 1 amide bonds. The summed E-state index contributed by atoms with van der Waals surface area (Å²) < 4.78 is 0. The molecule has 0 aliphatic heterocycles. The van der Waals surface area contributed by atoms with Crippen LogP contribution in [0.25, 0.3) is 0 Å². The van der Waals surface area contributed by atoms with E-state index in [1.165, 1.54) is 0 Å². The standard InChI is InChI=1S/C14H20ClNO2/c1-14(2,3)8-13(18)16-9-12(17)10-6-4-5-7-11(10)15/h4-7,12,17H,8-9H2,1-3H3,(H,16,18). The predicted molar refractivity (Wildman–Crippen MR) is 73.5 cm³/mol. The lowest BCUT2D eigenvalue weighted by molar-refractivity contribution is -0.123. The summed E-state index contributed by atoms with van der Waals surface area (Å²) in [6.45, 7) is 6.17. The van der Waals surface area contributed by atoms with Gasteiger partial charge in [-0.2, -0.15) is 0 Å². The molecule has 0 saturated heterocycles. The molecule has 1 atom stereocenters. The van der Waals surface area contributed by atoms with E-state index in [0.29, 0.717) is 17.0 Å². The minimum absolute atomic E-state index is 0.0561. The summed E-state index contributed by atoms with van der Waals surface area (Å²) in [5.41, 5.74) is 0.578. The van der Waals surface area contributed by atoms with Crippen LogP contribution in [-0.4, -0.2) is 17.6 Å². The van der Waals surface area contributed by atoms with Crippen LogP contribution < -0.4 is 5.32 Å². The number of carbonyl (C=O) groups is 1. The third kappa shape index (κ3) is 5.07. The average Bonchev–Trinajstić information content (AvgIpc) is 2.24. The molecule has 0 fully saturated rings. The molecule has 0 radical (unpaired) electrons. The zero-order valence-corrected chi connectivity index (χ0v) is 11.8. The minimum Gasteiger partial charge on any atom is -0.387 e. The minimum atomic E-state index is -0.775. The van der Waals surface area contributed by atoms with Crippen LogP contribution in [0.4, 0.5) is 0 Å². The van der Waals surface area contributed by atoms with Crippen LogP contribution in [0.3, 0.4) is 0 Å². The summed E-state index contributed by atoms with van der Waals surface area (Å²) in [6, 6.07) is 7.08. The van der Waals surface area contributed by atoms with E-state index in [0.717, 1.165) is 0 Å². The van der Waals surface area contributed by atoms with Crippen LogP contribution >= 0.6 is 11.6 Å². The summed E-state index contributed by atoms with van der Waals surface area (Å²) in [5, 5.41) is 13.2. The highest BCUT2D eigenvalue weighted by Gasteiger charge is 2.17. The highest BCUT2D eigenvalue weighted by Crippen LogP contribution is 2.22. The van der Waals surface area contributed by atoms with E-state index in [2.05, 4.69) is 5.32 Å². The van der Waals surface area contributed by atoms with Crippen molar-refractivity contribution in [3.8, 4) is 0 Å². The van der Waals surface area contributed by atoms with Crippen LogP contribution in [0.5, 0.6) is 0 Å². The molecule has 0 heterocycles. The van der Waals surface area contributed by atoms with Crippen molar-refractivity contribution >= 4 is 17.5 Å². The molecule has 0 aliphatic rings. The van der Waals surface area contributed by atoms with E-state index in [-0.39, 0.29) is 17.9 Å². The molecule has 0 saturated carbocycles. The zero-order valence-electron chi connectivity index (χ0n) is 11.0. The number of benzene rings is 1. The maximum Gasteiger partial charge on any atom is 0.220 e. The Labute approximate surface area is 113 Å². The van der Waals surface area contributed by atoms with Crippen LogP contribution in [-0.2, 0) is 4.79 Å². The molecule has 0 aliphatic carbocycles. The van der Waals surface area contributed by atoms with Gasteiger partial charge in [-0.1, -0.05) is 50.6 Å². The fourth-order valence-corrected chi connectivity index (χ4v) is 1.87. The molecule has 0 spiro atoms. The number of nitrogens with one attached hydrogen (secondary N) is 1. The van der Waals surface area contributed by atoms with E-state index in [1.54, 1.807) is 24.3 Å². The van der Waals surface area contributed by atoms with Crippen molar-refractivity contribution in [2.75, 3.05) is 6.54 Å². The zero-order chi connectivity index (χ0) is 13.8. The van der Waals surface area contributed by atoms with Crippen LogP contribution in [0.15, 0.2) is 24.3 Å². The Morgan fingerprint density at radius 1 is 1.39 bits per heavy atom. The highest BCUT2D eigenvalue weighted by molar-refractivity contribution is 6.31. The summed E-state index contributed by atoms with van der Waals surface area (Å²) in [7, 11) is 0. The van der Waals surface area contributed by atoms with Crippen molar-refractivity contribution in [3.05, 3.63) is 34.9 Å². The van der Waals surface area contributed by atoms with Crippen LogP contribution in [0.2, 0.25) is 5.02 Å². The molecule has 0 aromatic heterocycles. The van der Waals surface area contributed by atoms with Crippen molar-refractivity contribution in [1.82, 2.24) is 5.32 Å². The first kappa shape index (κ1) is 15.0. The monoisotopic (exact) mass is 269 g/mol. The molecular formula is C14H20ClNO2. The first-order valence-corrected chi connectivity index (χ1v) is 6.36. The maximum atomic E-state index is 11.6. The largest absolute Gasteiger partial charge is 0.387 e. The fourth-order valence-electron chi connectivity index (χ4n) is 1.61. The summed E-state index contributed by atoms with van der Waals surface area (Å²) >= 11 is 5.97. The van der Waals surface area contributed by atoms with Gasteiger partial charge in [-0.3, -0.25) is 4.79 Å². The predicted octanol–water partition coefficient (Wildman–Crippen LogP) is 2.93. The van der Waals surface area contributed by atoms with Gasteiger partial charge in [0.15, 0.2) is 0 Å². The Morgan fingerprint density at radius 3 is 2.56 bits per heavy atom. The van der Waals surface area contributed by atoms with E-state index in [9.17, 15) is 9.90 Å². The van der Waals surface area contributed by atoms with Gasteiger partial charge in [-0.15, -0.1) is 0 Å². The molecule has 100 valence electrons. The molecule has 1 unspecified atom stereocenters. The number of carbonyl (C=O) groups excluding carboxylic acids is 1. The third-order valence-electron chi connectivity index (χ3n) is 2.45. The smallest absolute Gasteiger partial charge is 0.220 e. The van der Waals surface area contributed by atoms with Gasteiger partial charge in [0.05, 0.1) is 6.10 Å². The third-order valence-corrected chi connectivity index (χ3v) is 2.79. The Hall–Kier alpha value is -1.06. The molecule has 1 aromatic rings. The van der Waals surface area contributed by atoms with Crippen molar-refractivity contribution < 1.29 is 9.90 Å². The number of hydrogen-bond donors (Lipinski definition) is 2. The molecule has 3 nitrogen and oxygen atoms in total. The molecule has 18 heavy (non-hydrogen) atoms. The number of amides is 1. The second kappa shape index (κ2) is 6.21. The highest BCUT2D eigenvalue weighted by atomic mass is 35.5. The maximum absolute atomic E-state index is 11.6. The van der Waals surface area contributed by atoms with Gasteiger partial charge in [-0.05, 0) is 11.5 Å². The molecule has 2 N–H and O–H groups in total. The van der Waals surface area contributed by atoms with Gasteiger partial charge in [0, 0.05) is 23.6 Å². The summed E-state index contributed by atoms with van der Waals surface area (Å²) in [4.78, 5) is 11.6. The first-order chi connectivity index (χ1) is 8.29. The Morgan fingerprint density at radius 2 is 2.00 bits per heavy atom. The topological polar surface area (TPSA) is 49.3 Å². The normalized spacial score (nSPS) is 13.2. The van der Waals surface area contributed by atoms with Crippen molar-refractivity contribution in [3.63, 3.8) is 0 Å². The average molecular weight is 270 g/mol. The molecule has 4 heteroatoms. The van der Waals surface area contributed by atoms with Gasteiger partial charge >= 0.3 is 0 Å². The number of aliphatic hydroxyl groups excluding tert-OH is 1. The lowest BCUT2D eigenvalue weighted by Crippen LogP contribution is -2.31. The lowest BCUT2D eigenvalue weighted by atomic mass is 9.92. The summed E-state index contributed by atoms with van der Waals surface area (Å²) in [6.07, 6.45) is -0.343. The van der Waals surface area contributed by atoms with Crippen molar-refractivity contribution in [2.45, 2.75) is 33.3 Å². The number of halogens is 1. The Bertz CT molecular complexity index is 413. The molecule has 1 rings (SSSR count). The van der Waals surface area contributed by atoms with E-state index < -0.39 is 6.10 Å². The first-order valence-electron chi connectivity index (χ1n) is 5.99.